The minimum absolute atomic E-state index is 0.0510. The fourth-order valence-electron chi connectivity index (χ4n) is 2.95. The molecule has 0 fully saturated rings. The smallest absolute Gasteiger partial charge is 0.308 e. The molecular formula is C22H40O2. The molecule has 0 saturated heterocycles. The summed E-state index contributed by atoms with van der Waals surface area (Å²) in [4.78, 5) is 11.8. The van der Waals surface area contributed by atoms with Crippen LogP contribution in [-0.4, -0.2) is 13.1 Å². The number of esters is 1. The van der Waals surface area contributed by atoms with Crippen LogP contribution in [0.2, 0.25) is 0 Å². The number of hydrogen-bond acceptors (Lipinski definition) is 2. The summed E-state index contributed by atoms with van der Waals surface area (Å²) in [5.41, 5.74) is 3.29. The summed E-state index contributed by atoms with van der Waals surface area (Å²) in [6.45, 7) is 17.6. The lowest BCUT2D eigenvalue weighted by Crippen LogP contribution is -2.25. The second kappa shape index (κ2) is 10.1. The van der Waals surface area contributed by atoms with Crippen LogP contribution < -0.4 is 0 Å². The third-order valence-electron chi connectivity index (χ3n) is 5.18. The number of allylic oxidation sites excluding steroid dienone is 4. The maximum Gasteiger partial charge on any atom is 0.308 e. The van der Waals surface area contributed by atoms with Crippen molar-refractivity contribution >= 4 is 5.97 Å². The molecule has 0 heterocycles. The summed E-state index contributed by atoms with van der Waals surface area (Å²) in [5, 5.41) is 0. The molecule has 0 bridgehead atoms. The zero-order chi connectivity index (χ0) is 19.0. The van der Waals surface area contributed by atoms with Crippen LogP contribution in [0.5, 0.6) is 0 Å². The molecule has 0 aromatic heterocycles. The van der Waals surface area contributed by atoms with Crippen molar-refractivity contribution in [1.29, 1.82) is 0 Å². The monoisotopic (exact) mass is 336 g/mol. The van der Waals surface area contributed by atoms with E-state index in [9.17, 15) is 4.79 Å². The Morgan fingerprint density at radius 3 is 2.33 bits per heavy atom. The van der Waals surface area contributed by atoms with Gasteiger partial charge in [-0.25, -0.2) is 0 Å². The molecule has 2 nitrogen and oxygen atoms in total. The van der Waals surface area contributed by atoms with Gasteiger partial charge in [-0.15, -0.1) is 0 Å². The lowest BCUT2D eigenvalue weighted by molar-refractivity contribution is -0.145. The average Bonchev–Trinajstić information content (AvgIpc) is 2.55. The molecular weight excluding hydrogens is 296 g/mol. The summed E-state index contributed by atoms with van der Waals surface area (Å²) in [6, 6.07) is 0. The second-order valence-electron chi connectivity index (χ2n) is 8.29. The van der Waals surface area contributed by atoms with Crippen molar-refractivity contribution in [1.82, 2.24) is 0 Å². The molecule has 1 aliphatic carbocycles. The molecule has 1 aliphatic rings. The van der Waals surface area contributed by atoms with Crippen LogP contribution in [0, 0.1) is 16.7 Å². The van der Waals surface area contributed by atoms with Gasteiger partial charge >= 0.3 is 5.97 Å². The van der Waals surface area contributed by atoms with Gasteiger partial charge in [-0.2, -0.15) is 0 Å². The molecule has 0 aliphatic heterocycles. The molecule has 0 aromatic rings. The second-order valence-corrected chi connectivity index (χ2v) is 8.29. The van der Waals surface area contributed by atoms with Crippen molar-refractivity contribution in [2.75, 3.05) is 7.11 Å². The van der Waals surface area contributed by atoms with E-state index >= 15 is 0 Å². The molecule has 1 unspecified atom stereocenters. The molecule has 140 valence electrons. The average molecular weight is 337 g/mol. The van der Waals surface area contributed by atoms with Crippen LogP contribution in [0.4, 0.5) is 0 Å². The summed E-state index contributed by atoms with van der Waals surface area (Å²) in [7, 11) is 1.49. The molecule has 1 atom stereocenters. The van der Waals surface area contributed by atoms with E-state index in [1.807, 2.05) is 13.8 Å². The zero-order valence-corrected chi connectivity index (χ0v) is 17.6. The van der Waals surface area contributed by atoms with Gasteiger partial charge in [-0.05, 0) is 49.9 Å². The fourth-order valence-corrected chi connectivity index (χ4v) is 2.95. The molecule has 0 saturated carbocycles. The Bertz CT molecular complexity index is 447. The minimum atomic E-state index is -0.0510. The van der Waals surface area contributed by atoms with E-state index in [0.29, 0.717) is 0 Å². The van der Waals surface area contributed by atoms with E-state index in [1.54, 1.807) is 0 Å². The van der Waals surface area contributed by atoms with E-state index in [-0.39, 0.29) is 22.7 Å². The minimum Gasteiger partial charge on any atom is -0.469 e. The molecule has 0 spiro atoms. The molecule has 0 radical (unpaired) electrons. The highest BCUT2D eigenvalue weighted by Gasteiger charge is 2.30. The van der Waals surface area contributed by atoms with Gasteiger partial charge < -0.3 is 4.74 Å². The first kappa shape index (κ1) is 22.9. The Morgan fingerprint density at radius 1 is 1.25 bits per heavy atom. The Labute approximate surface area is 150 Å². The van der Waals surface area contributed by atoms with Crippen molar-refractivity contribution in [2.45, 2.75) is 87.5 Å². The third-order valence-corrected chi connectivity index (χ3v) is 5.18. The number of ether oxygens (including phenoxy) is 1. The normalized spacial score (nSPS) is 19.1. The van der Waals surface area contributed by atoms with Gasteiger partial charge in [-0.3, -0.25) is 4.79 Å². The van der Waals surface area contributed by atoms with Crippen LogP contribution in [0.15, 0.2) is 23.3 Å². The van der Waals surface area contributed by atoms with Crippen LogP contribution in [0.3, 0.4) is 0 Å². The van der Waals surface area contributed by atoms with Gasteiger partial charge in [0.25, 0.3) is 0 Å². The van der Waals surface area contributed by atoms with E-state index in [4.69, 9.17) is 4.74 Å². The van der Waals surface area contributed by atoms with E-state index in [0.717, 1.165) is 32.1 Å². The lowest BCUT2D eigenvalue weighted by atomic mass is 9.72. The Hall–Kier alpha value is -1.05. The van der Waals surface area contributed by atoms with Gasteiger partial charge in [0, 0.05) is 0 Å². The first-order valence-corrected chi connectivity index (χ1v) is 9.52. The fraction of sp³-hybridized carbons (Fsp3) is 0.773. The van der Waals surface area contributed by atoms with Crippen molar-refractivity contribution in [3.63, 3.8) is 0 Å². The van der Waals surface area contributed by atoms with Crippen molar-refractivity contribution in [3.05, 3.63) is 23.3 Å². The van der Waals surface area contributed by atoms with Gasteiger partial charge in [0.1, 0.15) is 0 Å². The number of rotatable bonds is 5. The van der Waals surface area contributed by atoms with Crippen LogP contribution in [0.25, 0.3) is 0 Å². The van der Waals surface area contributed by atoms with Crippen LogP contribution in [0.1, 0.15) is 87.5 Å². The molecule has 0 N–H and O–H groups in total. The Balaban J connectivity index is 0.00000254. The molecule has 2 heteroatoms. The van der Waals surface area contributed by atoms with Gasteiger partial charge in [0.15, 0.2) is 0 Å². The SMILES string of the molecule is CC.COC(=O)C1CCC=C(C(C)(C)CC/C=C(\C)C(C)(C)C)C1. The Morgan fingerprint density at radius 2 is 1.83 bits per heavy atom. The number of carbonyl (C=O) groups excluding carboxylic acids is 1. The van der Waals surface area contributed by atoms with Crippen LogP contribution in [-0.2, 0) is 9.53 Å². The van der Waals surface area contributed by atoms with Crippen molar-refractivity contribution in [2.24, 2.45) is 16.7 Å². The lowest BCUT2D eigenvalue weighted by Gasteiger charge is -2.33. The number of carbonyl (C=O) groups is 1. The van der Waals surface area contributed by atoms with E-state index in [1.165, 1.54) is 18.3 Å². The van der Waals surface area contributed by atoms with Gasteiger partial charge in [0.2, 0.25) is 0 Å². The molecule has 24 heavy (non-hydrogen) atoms. The Kier molecular flexibility index (Phi) is 9.62. The molecule has 1 rings (SSSR count). The highest BCUT2D eigenvalue weighted by Crippen LogP contribution is 2.40. The van der Waals surface area contributed by atoms with Gasteiger partial charge in [-0.1, -0.05) is 71.8 Å². The highest BCUT2D eigenvalue weighted by molar-refractivity contribution is 5.73. The summed E-state index contributed by atoms with van der Waals surface area (Å²) in [6.07, 6.45) is 9.73. The summed E-state index contributed by atoms with van der Waals surface area (Å²) >= 11 is 0. The third kappa shape index (κ3) is 7.23. The van der Waals surface area contributed by atoms with Gasteiger partial charge in [0.05, 0.1) is 13.0 Å². The maximum absolute atomic E-state index is 11.8. The van der Waals surface area contributed by atoms with Crippen LogP contribution >= 0.6 is 0 Å². The quantitative estimate of drug-likeness (QED) is 0.412. The van der Waals surface area contributed by atoms with Crippen molar-refractivity contribution < 1.29 is 9.53 Å². The van der Waals surface area contributed by atoms with E-state index < -0.39 is 0 Å². The molecule has 0 aromatic carbocycles. The summed E-state index contributed by atoms with van der Waals surface area (Å²) < 4.78 is 4.93. The predicted molar refractivity (Wildman–Crippen MR) is 105 cm³/mol. The maximum atomic E-state index is 11.8. The van der Waals surface area contributed by atoms with E-state index in [2.05, 4.69) is 53.7 Å². The standard InChI is InChI=1S/C20H34O2.C2H6/c1-15(19(2,3)4)10-9-13-20(5,6)17-12-8-11-16(14-17)18(21)22-7;1-2/h10,12,16H,8-9,11,13-14H2,1-7H3;1-2H3/b15-10+;. The number of methoxy groups -OCH3 is 1. The molecule has 0 amide bonds. The highest BCUT2D eigenvalue weighted by atomic mass is 16.5. The topological polar surface area (TPSA) is 26.3 Å². The first-order chi connectivity index (χ1) is 11.1. The summed E-state index contributed by atoms with van der Waals surface area (Å²) in [5.74, 6) is 0.000927. The zero-order valence-electron chi connectivity index (χ0n) is 17.6. The largest absolute Gasteiger partial charge is 0.469 e. The predicted octanol–water partition coefficient (Wildman–Crippen LogP) is 6.71. The first-order valence-electron chi connectivity index (χ1n) is 9.52. The van der Waals surface area contributed by atoms with Crippen molar-refractivity contribution in [3.8, 4) is 0 Å². The number of hydrogen-bond donors (Lipinski definition) is 0.